The van der Waals surface area contributed by atoms with Gasteiger partial charge in [-0.25, -0.2) is 14.2 Å². The highest BCUT2D eigenvalue weighted by Crippen LogP contribution is 2.19. The van der Waals surface area contributed by atoms with E-state index in [1.165, 1.54) is 23.4 Å². The van der Waals surface area contributed by atoms with Crippen LogP contribution >= 0.6 is 0 Å². The van der Waals surface area contributed by atoms with Gasteiger partial charge in [0.15, 0.2) is 0 Å². The second kappa shape index (κ2) is 4.32. The lowest BCUT2D eigenvalue weighted by Crippen LogP contribution is -2.17. The molecule has 0 saturated heterocycles. The minimum Gasteiger partial charge on any atom is -0.348 e. The van der Waals surface area contributed by atoms with Gasteiger partial charge in [-0.05, 0) is 12.1 Å². The van der Waals surface area contributed by atoms with Gasteiger partial charge in [-0.2, -0.15) is 5.10 Å². The normalized spacial score (nSPS) is 16.4. The summed E-state index contributed by atoms with van der Waals surface area (Å²) >= 11 is 0. The molecule has 1 aliphatic heterocycles. The molecule has 17 heavy (non-hydrogen) atoms. The van der Waals surface area contributed by atoms with Gasteiger partial charge in [0.1, 0.15) is 11.6 Å². The molecule has 0 radical (unpaired) electrons. The van der Waals surface area contributed by atoms with Crippen molar-refractivity contribution in [1.29, 1.82) is 0 Å². The monoisotopic (exact) mass is 237 g/mol. The van der Waals surface area contributed by atoms with Gasteiger partial charge in [0.05, 0.1) is 17.5 Å². The Morgan fingerprint density at radius 1 is 1.41 bits per heavy atom. The van der Waals surface area contributed by atoms with Gasteiger partial charge >= 0.3 is 0 Å². The van der Waals surface area contributed by atoms with Gasteiger partial charge in [-0.15, -0.1) is 0 Å². The van der Waals surface area contributed by atoms with E-state index in [1.807, 2.05) is 0 Å². The van der Waals surface area contributed by atoms with Crippen LogP contribution in [0.25, 0.3) is 0 Å². The van der Waals surface area contributed by atoms with Crippen LogP contribution in [0, 0.1) is 11.6 Å². The Morgan fingerprint density at radius 2 is 2.18 bits per heavy atom. The van der Waals surface area contributed by atoms with Crippen molar-refractivity contribution < 1.29 is 13.6 Å². The fourth-order valence-electron chi connectivity index (χ4n) is 1.42. The van der Waals surface area contributed by atoms with Crippen molar-refractivity contribution in [1.82, 2.24) is 5.43 Å². The van der Waals surface area contributed by atoms with Gasteiger partial charge in [-0.3, -0.25) is 4.79 Å². The molecule has 1 aromatic carbocycles. The number of hydrazone groups is 1. The SMILES string of the molecule is CN(C=C1C=NNC1=O)c1ccc(F)cc1F. The number of carbonyl (C=O) groups excluding carboxylic acids is 1. The molecule has 0 unspecified atom stereocenters. The maximum absolute atomic E-state index is 13.4. The summed E-state index contributed by atoms with van der Waals surface area (Å²) in [4.78, 5) is 12.6. The fraction of sp³-hybridized carbons (Fsp3) is 0.0909. The van der Waals surface area contributed by atoms with Crippen molar-refractivity contribution in [2.24, 2.45) is 5.10 Å². The van der Waals surface area contributed by atoms with Crippen LogP contribution in [-0.2, 0) is 4.79 Å². The van der Waals surface area contributed by atoms with Crippen LogP contribution in [0.4, 0.5) is 14.5 Å². The minimum absolute atomic E-state index is 0.173. The molecular weight excluding hydrogens is 228 g/mol. The Morgan fingerprint density at radius 3 is 2.76 bits per heavy atom. The average Bonchev–Trinajstić information content (AvgIpc) is 2.64. The third-order valence-corrected chi connectivity index (χ3v) is 2.25. The van der Waals surface area contributed by atoms with E-state index in [4.69, 9.17) is 0 Å². The Balaban J connectivity index is 2.28. The third kappa shape index (κ3) is 2.30. The van der Waals surface area contributed by atoms with E-state index in [1.54, 1.807) is 7.05 Å². The second-order valence-corrected chi connectivity index (χ2v) is 3.49. The van der Waals surface area contributed by atoms with Crippen molar-refractivity contribution in [3.63, 3.8) is 0 Å². The zero-order chi connectivity index (χ0) is 12.4. The summed E-state index contributed by atoms with van der Waals surface area (Å²) < 4.78 is 26.1. The number of carbonyl (C=O) groups is 1. The quantitative estimate of drug-likeness (QED) is 0.790. The van der Waals surface area contributed by atoms with Crippen LogP contribution in [0.15, 0.2) is 35.1 Å². The lowest BCUT2D eigenvalue weighted by atomic mass is 10.2. The highest BCUT2D eigenvalue weighted by atomic mass is 19.1. The molecule has 6 heteroatoms. The standard InChI is InChI=1S/C11H9F2N3O/c1-16(6-7-5-14-15-11(7)17)10-3-2-8(12)4-9(10)13/h2-6H,1H3,(H,15,17). The lowest BCUT2D eigenvalue weighted by Gasteiger charge is -2.15. The predicted octanol–water partition coefficient (Wildman–Crippen LogP) is 1.40. The number of hydrogen-bond donors (Lipinski definition) is 1. The van der Waals surface area contributed by atoms with E-state index in [0.717, 1.165) is 12.1 Å². The Labute approximate surface area is 96.2 Å². The smallest absolute Gasteiger partial charge is 0.274 e. The fourth-order valence-corrected chi connectivity index (χ4v) is 1.42. The zero-order valence-electron chi connectivity index (χ0n) is 8.95. The number of rotatable bonds is 2. The molecule has 88 valence electrons. The molecule has 0 atom stereocenters. The minimum atomic E-state index is -0.695. The number of anilines is 1. The number of nitrogens with zero attached hydrogens (tertiary/aromatic N) is 2. The van der Waals surface area contributed by atoms with Gasteiger partial charge in [-0.1, -0.05) is 0 Å². The van der Waals surface area contributed by atoms with E-state index >= 15 is 0 Å². The summed E-state index contributed by atoms with van der Waals surface area (Å²) in [6.07, 6.45) is 2.75. The molecule has 0 spiro atoms. The molecule has 0 aromatic heterocycles. The number of amides is 1. The first-order chi connectivity index (χ1) is 8.08. The Kier molecular flexibility index (Phi) is 2.86. The highest BCUT2D eigenvalue weighted by molar-refractivity contribution is 6.15. The van der Waals surface area contributed by atoms with Crippen LogP contribution in [-0.4, -0.2) is 19.2 Å². The summed E-state index contributed by atoms with van der Waals surface area (Å²) in [6.45, 7) is 0. The molecule has 1 aromatic rings. The van der Waals surface area contributed by atoms with Crippen LogP contribution in [0.3, 0.4) is 0 Å². The summed E-state index contributed by atoms with van der Waals surface area (Å²) in [5.41, 5.74) is 2.71. The molecule has 1 heterocycles. The number of nitrogens with one attached hydrogen (secondary N) is 1. The first kappa shape index (κ1) is 11.3. The molecule has 2 rings (SSSR count). The van der Waals surface area contributed by atoms with Gasteiger partial charge in [0.2, 0.25) is 0 Å². The maximum atomic E-state index is 13.4. The first-order valence-corrected chi connectivity index (χ1v) is 4.81. The molecule has 1 N–H and O–H groups in total. The molecule has 0 saturated carbocycles. The maximum Gasteiger partial charge on any atom is 0.274 e. The van der Waals surface area contributed by atoms with E-state index in [-0.39, 0.29) is 11.6 Å². The summed E-state index contributed by atoms with van der Waals surface area (Å²) in [6, 6.07) is 3.23. The third-order valence-electron chi connectivity index (χ3n) is 2.25. The molecule has 0 bridgehead atoms. The summed E-state index contributed by atoms with van der Waals surface area (Å²) in [7, 11) is 1.56. The van der Waals surface area contributed by atoms with Crippen molar-refractivity contribution in [2.75, 3.05) is 11.9 Å². The second-order valence-electron chi connectivity index (χ2n) is 3.49. The molecule has 0 fully saturated rings. The molecule has 4 nitrogen and oxygen atoms in total. The number of benzene rings is 1. The summed E-state index contributed by atoms with van der Waals surface area (Å²) in [5, 5.41) is 3.56. The van der Waals surface area contributed by atoms with E-state index in [0.29, 0.717) is 5.57 Å². The average molecular weight is 237 g/mol. The summed E-state index contributed by atoms with van der Waals surface area (Å²) in [5.74, 6) is -1.70. The van der Waals surface area contributed by atoms with Crippen LogP contribution in [0.5, 0.6) is 0 Å². The largest absolute Gasteiger partial charge is 0.348 e. The van der Waals surface area contributed by atoms with Crippen LogP contribution in [0.1, 0.15) is 0 Å². The Bertz CT molecular complexity index is 525. The molecule has 1 aliphatic rings. The Hall–Kier alpha value is -2.24. The predicted molar refractivity (Wildman–Crippen MR) is 59.5 cm³/mol. The van der Waals surface area contributed by atoms with E-state index < -0.39 is 11.6 Å². The molecule has 0 aliphatic carbocycles. The van der Waals surface area contributed by atoms with Gasteiger partial charge in [0.25, 0.3) is 5.91 Å². The molecular formula is C11H9F2N3O. The first-order valence-electron chi connectivity index (χ1n) is 4.81. The highest BCUT2D eigenvalue weighted by Gasteiger charge is 2.14. The van der Waals surface area contributed by atoms with Crippen molar-refractivity contribution in [3.8, 4) is 0 Å². The van der Waals surface area contributed by atoms with Crippen LogP contribution < -0.4 is 10.3 Å². The van der Waals surface area contributed by atoms with E-state index in [9.17, 15) is 13.6 Å². The molecule has 1 amide bonds. The van der Waals surface area contributed by atoms with Crippen molar-refractivity contribution in [2.45, 2.75) is 0 Å². The van der Waals surface area contributed by atoms with Gasteiger partial charge in [0, 0.05) is 19.3 Å². The van der Waals surface area contributed by atoms with Crippen LogP contribution in [0.2, 0.25) is 0 Å². The topological polar surface area (TPSA) is 44.7 Å². The van der Waals surface area contributed by atoms with Gasteiger partial charge < -0.3 is 4.90 Å². The number of halogens is 2. The van der Waals surface area contributed by atoms with Crippen molar-refractivity contribution >= 4 is 17.8 Å². The van der Waals surface area contributed by atoms with Crippen molar-refractivity contribution in [3.05, 3.63) is 41.6 Å². The lowest BCUT2D eigenvalue weighted by molar-refractivity contribution is -0.116. The zero-order valence-corrected chi connectivity index (χ0v) is 8.95. The van der Waals surface area contributed by atoms with E-state index in [2.05, 4.69) is 10.5 Å². The number of hydrogen-bond acceptors (Lipinski definition) is 3.